The highest BCUT2D eigenvalue weighted by atomic mass is 35.5. The summed E-state index contributed by atoms with van der Waals surface area (Å²) >= 11 is 5.87. The average molecular weight is 338 g/mol. The molecule has 0 spiro atoms. The number of aryl methyl sites for hydroxylation is 1. The van der Waals surface area contributed by atoms with Crippen LogP contribution in [-0.2, 0) is 16.4 Å². The van der Waals surface area contributed by atoms with Gasteiger partial charge in [-0.25, -0.2) is 8.42 Å². The summed E-state index contributed by atoms with van der Waals surface area (Å²) in [7, 11) is -3.56. The van der Waals surface area contributed by atoms with Gasteiger partial charge in [0.1, 0.15) is 0 Å². The molecule has 0 aliphatic carbocycles. The molecule has 5 heteroatoms. The fraction of sp³-hybridized carbons (Fsp3) is 0.294. The van der Waals surface area contributed by atoms with Crippen molar-refractivity contribution in [3.05, 3.63) is 59.1 Å². The van der Waals surface area contributed by atoms with E-state index in [1.165, 1.54) is 4.31 Å². The third-order valence-electron chi connectivity index (χ3n) is 3.45. The zero-order valence-corrected chi connectivity index (χ0v) is 14.4. The standard InChI is InChI=1S/C17H20ClNO2S/c1-3-5-14-6-12-17(13-7-14)22(20,21)19(4-2)16-10-8-15(18)9-11-16/h6-13H,3-5H2,1-2H3. The molecule has 2 aromatic carbocycles. The summed E-state index contributed by atoms with van der Waals surface area (Å²) in [6.07, 6.45) is 1.99. The Hall–Kier alpha value is -1.52. The van der Waals surface area contributed by atoms with Crippen molar-refractivity contribution in [3.8, 4) is 0 Å². The van der Waals surface area contributed by atoms with Crippen LogP contribution in [0.25, 0.3) is 0 Å². The molecule has 0 saturated carbocycles. The largest absolute Gasteiger partial charge is 0.267 e. The van der Waals surface area contributed by atoms with Crippen molar-refractivity contribution in [1.29, 1.82) is 0 Å². The number of sulfonamides is 1. The molecule has 22 heavy (non-hydrogen) atoms. The number of nitrogens with zero attached hydrogens (tertiary/aromatic N) is 1. The van der Waals surface area contributed by atoms with Crippen LogP contribution in [0.4, 0.5) is 5.69 Å². The van der Waals surface area contributed by atoms with E-state index in [-0.39, 0.29) is 0 Å². The molecular weight excluding hydrogens is 318 g/mol. The molecule has 2 rings (SSSR count). The van der Waals surface area contributed by atoms with Crippen LogP contribution in [-0.4, -0.2) is 15.0 Å². The van der Waals surface area contributed by atoms with Gasteiger partial charge in [0.25, 0.3) is 10.0 Å². The number of rotatable bonds is 6. The van der Waals surface area contributed by atoms with Gasteiger partial charge in [-0.05, 0) is 55.3 Å². The van der Waals surface area contributed by atoms with E-state index in [0.29, 0.717) is 22.2 Å². The van der Waals surface area contributed by atoms with Gasteiger partial charge in [0.05, 0.1) is 10.6 Å². The summed E-state index contributed by atoms with van der Waals surface area (Å²) in [6, 6.07) is 13.9. The lowest BCUT2D eigenvalue weighted by molar-refractivity contribution is 0.592. The first kappa shape index (κ1) is 16.8. The first-order valence-electron chi connectivity index (χ1n) is 7.36. The Labute approximate surface area is 137 Å². The quantitative estimate of drug-likeness (QED) is 0.777. The molecule has 118 valence electrons. The number of hydrogen-bond acceptors (Lipinski definition) is 2. The molecular formula is C17H20ClNO2S. The Morgan fingerprint density at radius 2 is 1.55 bits per heavy atom. The molecule has 0 aromatic heterocycles. The van der Waals surface area contributed by atoms with Gasteiger partial charge in [-0.15, -0.1) is 0 Å². The maximum absolute atomic E-state index is 12.8. The normalized spacial score (nSPS) is 11.4. The molecule has 3 nitrogen and oxygen atoms in total. The number of benzene rings is 2. The average Bonchev–Trinajstić information content (AvgIpc) is 2.50. The molecule has 0 fully saturated rings. The summed E-state index contributed by atoms with van der Waals surface area (Å²) in [6.45, 7) is 4.28. The van der Waals surface area contributed by atoms with Crippen LogP contribution in [0.5, 0.6) is 0 Å². The van der Waals surface area contributed by atoms with Crippen LogP contribution in [0.15, 0.2) is 53.4 Å². The highest BCUT2D eigenvalue weighted by molar-refractivity contribution is 7.92. The second-order valence-electron chi connectivity index (χ2n) is 5.04. The van der Waals surface area contributed by atoms with Crippen LogP contribution in [0.2, 0.25) is 5.02 Å². The lowest BCUT2D eigenvalue weighted by Crippen LogP contribution is -2.30. The molecule has 0 unspecified atom stereocenters. The van der Waals surface area contributed by atoms with E-state index in [9.17, 15) is 8.42 Å². The molecule has 0 saturated heterocycles. The Morgan fingerprint density at radius 1 is 0.955 bits per heavy atom. The van der Waals surface area contributed by atoms with E-state index in [1.807, 2.05) is 19.1 Å². The molecule has 0 aliphatic rings. The van der Waals surface area contributed by atoms with Gasteiger partial charge in [0.15, 0.2) is 0 Å². The monoisotopic (exact) mass is 337 g/mol. The van der Waals surface area contributed by atoms with E-state index >= 15 is 0 Å². The second kappa shape index (κ2) is 7.16. The van der Waals surface area contributed by atoms with Gasteiger partial charge in [-0.1, -0.05) is 37.1 Å². The van der Waals surface area contributed by atoms with Gasteiger partial charge in [0, 0.05) is 11.6 Å². The first-order chi connectivity index (χ1) is 10.5. The van der Waals surface area contributed by atoms with Crippen LogP contribution < -0.4 is 4.31 Å². The Kier molecular flexibility index (Phi) is 5.48. The summed E-state index contributed by atoms with van der Waals surface area (Å²) in [5.74, 6) is 0. The number of halogens is 1. The van der Waals surface area contributed by atoms with Crippen molar-refractivity contribution >= 4 is 27.3 Å². The minimum Gasteiger partial charge on any atom is -0.267 e. The SMILES string of the molecule is CCCc1ccc(S(=O)(=O)N(CC)c2ccc(Cl)cc2)cc1. The van der Waals surface area contributed by atoms with Crippen molar-refractivity contribution in [2.24, 2.45) is 0 Å². The second-order valence-corrected chi connectivity index (χ2v) is 7.34. The molecule has 0 aliphatic heterocycles. The fourth-order valence-electron chi connectivity index (χ4n) is 2.34. The summed E-state index contributed by atoms with van der Waals surface area (Å²) < 4.78 is 27.0. The third kappa shape index (κ3) is 3.62. The third-order valence-corrected chi connectivity index (χ3v) is 5.62. The van der Waals surface area contributed by atoms with Crippen LogP contribution in [0.3, 0.4) is 0 Å². The lowest BCUT2D eigenvalue weighted by Gasteiger charge is -2.23. The molecule has 0 atom stereocenters. The lowest BCUT2D eigenvalue weighted by atomic mass is 10.1. The molecule has 0 amide bonds. The van der Waals surface area contributed by atoms with Crippen LogP contribution >= 0.6 is 11.6 Å². The fourth-order valence-corrected chi connectivity index (χ4v) is 3.94. The van der Waals surface area contributed by atoms with E-state index in [1.54, 1.807) is 36.4 Å². The highest BCUT2D eigenvalue weighted by Gasteiger charge is 2.23. The van der Waals surface area contributed by atoms with Crippen LogP contribution in [0.1, 0.15) is 25.8 Å². The van der Waals surface area contributed by atoms with Crippen LogP contribution in [0, 0.1) is 0 Å². The van der Waals surface area contributed by atoms with Crippen molar-refractivity contribution in [2.75, 3.05) is 10.8 Å². The van der Waals surface area contributed by atoms with Gasteiger partial charge in [-0.3, -0.25) is 4.31 Å². The van der Waals surface area contributed by atoms with E-state index in [4.69, 9.17) is 11.6 Å². The van der Waals surface area contributed by atoms with Gasteiger partial charge < -0.3 is 0 Å². The highest BCUT2D eigenvalue weighted by Crippen LogP contribution is 2.25. The van der Waals surface area contributed by atoms with E-state index in [2.05, 4.69) is 6.92 Å². The Bertz CT molecular complexity index is 709. The first-order valence-corrected chi connectivity index (χ1v) is 9.18. The Morgan fingerprint density at radius 3 is 2.05 bits per heavy atom. The molecule has 0 radical (unpaired) electrons. The summed E-state index contributed by atoms with van der Waals surface area (Å²) in [4.78, 5) is 0.309. The summed E-state index contributed by atoms with van der Waals surface area (Å²) in [5, 5.41) is 0.584. The topological polar surface area (TPSA) is 37.4 Å². The predicted octanol–water partition coefficient (Wildman–Crippen LogP) is 4.51. The van der Waals surface area contributed by atoms with Crippen molar-refractivity contribution < 1.29 is 8.42 Å². The van der Waals surface area contributed by atoms with Crippen molar-refractivity contribution in [1.82, 2.24) is 0 Å². The Balaban J connectivity index is 2.36. The maximum atomic E-state index is 12.8. The van der Waals surface area contributed by atoms with Gasteiger partial charge >= 0.3 is 0 Å². The molecule has 2 aromatic rings. The zero-order valence-electron chi connectivity index (χ0n) is 12.8. The zero-order chi connectivity index (χ0) is 16.2. The van der Waals surface area contributed by atoms with Gasteiger partial charge in [0.2, 0.25) is 0 Å². The molecule has 0 N–H and O–H groups in total. The predicted molar refractivity (Wildman–Crippen MR) is 92.1 cm³/mol. The van der Waals surface area contributed by atoms with Gasteiger partial charge in [-0.2, -0.15) is 0 Å². The smallest absolute Gasteiger partial charge is 0.264 e. The molecule has 0 bridgehead atoms. The van der Waals surface area contributed by atoms with Crippen molar-refractivity contribution in [2.45, 2.75) is 31.6 Å². The maximum Gasteiger partial charge on any atom is 0.264 e. The molecule has 0 heterocycles. The summed E-state index contributed by atoms with van der Waals surface area (Å²) in [5.41, 5.74) is 1.76. The minimum absolute atomic E-state index is 0.309. The van der Waals surface area contributed by atoms with Crippen molar-refractivity contribution in [3.63, 3.8) is 0 Å². The van der Waals surface area contributed by atoms with E-state index in [0.717, 1.165) is 18.4 Å². The minimum atomic E-state index is -3.56. The number of anilines is 1. The number of hydrogen-bond donors (Lipinski definition) is 0. The van der Waals surface area contributed by atoms with E-state index < -0.39 is 10.0 Å².